The van der Waals surface area contributed by atoms with Gasteiger partial charge < -0.3 is 10.6 Å². The molecule has 2 aromatic heterocycles. The van der Waals surface area contributed by atoms with E-state index >= 15 is 0 Å². The first kappa shape index (κ1) is 17.0. The molecule has 0 unspecified atom stereocenters. The second-order valence-corrected chi connectivity index (χ2v) is 6.72. The molecule has 0 saturated carbocycles. The Kier molecular flexibility index (Phi) is 5.50. The number of benzene rings is 1. The Labute approximate surface area is 153 Å². The molecule has 1 amide bonds. The summed E-state index contributed by atoms with van der Waals surface area (Å²) in [7, 11) is 0. The molecule has 124 valence electrons. The third-order valence-electron chi connectivity index (χ3n) is 3.40. The number of hydrogen-bond donors (Lipinski definition) is 2. The van der Waals surface area contributed by atoms with Crippen molar-refractivity contribution in [1.82, 2.24) is 15.3 Å². The first-order valence-corrected chi connectivity index (χ1v) is 8.90. The van der Waals surface area contributed by atoms with E-state index in [-0.39, 0.29) is 12.3 Å². The predicted octanol–water partition coefficient (Wildman–Crippen LogP) is 3.77. The number of anilines is 1. The van der Waals surface area contributed by atoms with Gasteiger partial charge in [0.05, 0.1) is 11.8 Å². The third-order valence-corrected chi connectivity index (χ3v) is 4.93. The second-order valence-electron chi connectivity index (χ2n) is 5.02. The summed E-state index contributed by atoms with van der Waals surface area (Å²) in [6.07, 6.45) is 1.68. The summed E-state index contributed by atoms with van der Waals surface area (Å²) in [5.74, 6) is 0.639. The molecular formula is C16H14Cl2N4OS. The Morgan fingerprint density at radius 1 is 1.12 bits per heavy atom. The monoisotopic (exact) mass is 380 g/mol. The zero-order valence-corrected chi connectivity index (χ0v) is 14.9. The lowest BCUT2D eigenvalue weighted by Gasteiger charge is -2.09. The Morgan fingerprint density at radius 2 is 1.92 bits per heavy atom. The van der Waals surface area contributed by atoms with Gasteiger partial charge in [-0.2, -0.15) is 0 Å². The number of carbonyl (C=O) groups is 1. The largest absolute Gasteiger partial charge is 0.368 e. The number of aromatic nitrogens is 2. The zero-order valence-electron chi connectivity index (χ0n) is 12.6. The smallest absolute Gasteiger partial charge is 0.224 e. The van der Waals surface area contributed by atoms with Crippen LogP contribution < -0.4 is 10.6 Å². The van der Waals surface area contributed by atoms with Gasteiger partial charge in [-0.25, -0.2) is 9.97 Å². The van der Waals surface area contributed by atoms with Crippen LogP contribution in [0.3, 0.4) is 0 Å². The summed E-state index contributed by atoms with van der Waals surface area (Å²) >= 11 is 13.7. The topological polar surface area (TPSA) is 66.9 Å². The molecule has 5 nitrogen and oxygen atoms in total. The maximum absolute atomic E-state index is 12.0. The minimum absolute atomic E-state index is 0.129. The van der Waals surface area contributed by atoms with E-state index in [0.29, 0.717) is 28.7 Å². The fourth-order valence-electron chi connectivity index (χ4n) is 2.24. The van der Waals surface area contributed by atoms with E-state index < -0.39 is 0 Å². The first-order valence-electron chi connectivity index (χ1n) is 7.27. The number of rotatable bonds is 6. The molecule has 0 fully saturated rings. The molecule has 1 aromatic carbocycles. The summed E-state index contributed by atoms with van der Waals surface area (Å²) < 4.78 is 0. The lowest BCUT2D eigenvalue weighted by molar-refractivity contribution is -0.120. The van der Waals surface area contributed by atoms with Crippen LogP contribution in [0.15, 0.2) is 36.0 Å². The molecule has 0 spiro atoms. The fourth-order valence-corrected chi connectivity index (χ4v) is 3.50. The van der Waals surface area contributed by atoms with Crippen LogP contribution in [0.5, 0.6) is 0 Å². The van der Waals surface area contributed by atoms with Crippen LogP contribution in [0.1, 0.15) is 5.56 Å². The minimum atomic E-state index is -0.129. The van der Waals surface area contributed by atoms with Crippen LogP contribution in [-0.4, -0.2) is 29.0 Å². The van der Waals surface area contributed by atoms with Crippen molar-refractivity contribution >= 4 is 56.5 Å². The first-order chi connectivity index (χ1) is 11.6. The lowest BCUT2D eigenvalue weighted by Crippen LogP contribution is -2.30. The standard InChI is InChI=1S/C16H14Cl2N4OS/c17-12-2-1-3-13(18)11(12)8-14(23)19-5-6-20-15-10-4-7-24-16(10)22-9-21-15/h1-4,7,9H,5-6,8H2,(H,19,23)(H,20,21,22). The van der Waals surface area contributed by atoms with Crippen molar-refractivity contribution in [3.63, 3.8) is 0 Å². The normalized spacial score (nSPS) is 10.8. The number of amides is 1. The van der Waals surface area contributed by atoms with Crippen molar-refractivity contribution < 1.29 is 4.79 Å². The Hall–Kier alpha value is -1.89. The van der Waals surface area contributed by atoms with E-state index in [4.69, 9.17) is 23.2 Å². The van der Waals surface area contributed by atoms with Crippen molar-refractivity contribution in [2.75, 3.05) is 18.4 Å². The number of nitrogens with zero attached hydrogens (tertiary/aromatic N) is 2. The average molecular weight is 381 g/mol. The molecule has 0 atom stereocenters. The number of hydrogen-bond acceptors (Lipinski definition) is 5. The molecular weight excluding hydrogens is 367 g/mol. The van der Waals surface area contributed by atoms with Gasteiger partial charge in [0.15, 0.2) is 0 Å². The van der Waals surface area contributed by atoms with Gasteiger partial charge in [0, 0.05) is 23.1 Å². The van der Waals surface area contributed by atoms with Crippen molar-refractivity contribution in [1.29, 1.82) is 0 Å². The highest BCUT2D eigenvalue weighted by Gasteiger charge is 2.10. The summed E-state index contributed by atoms with van der Waals surface area (Å²) in [6.45, 7) is 1.03. The summed E-state index contributed by atoms with van der Waals surface area (Å²) in [6, 6.07) is 7.17. The van der Waals surface area contributed by atoms with E-state index in [2.05, 4.69) is 20.6 Å². The molecule has 0 radical (unpaired) electrons. The predicted molar refractivity (Wildman–Crippen MR) is 99.1 cm³/mol. The highest BCUT2D eigenvalue weighted by atomic mass is 35.5. The van der Waals surface area contributed by atoms with E-state index in [0.717, 1.165) is 16.0 Å². The van der Waals surface area contributed by atoms with E-state index in [1.807, 2.05) is 11.4 Å². The van der Waals surface area contributed by atoms with Crippen LogP contribution >= 0.6 is 34.5 Å². The molecule has 24 heavy (non-hydrogen) atoms. The van der Waals surface area contributed by atoms with Crippen molar-refractivity contribution in [2.45, 2.75) is 6.42 Å². The highest BCUT2D eigenvalue weighted by molar-refractivity contribution is 7.16. The summed E-state index contributed by atoms with van der Waals surface area (Å²) in [5.41, 5.74) is 0.641. The summed E-state index contributed by atoms with van der Waals surface area (Å²) in [4.78, 5) is 21.4. The number of fused-ring (bicyclic) bond motifs is 1. The van der Waals surface area contributed by atoms with Gasteiger partial charge in [0.2, 0.25) is 5.91 Å². The zero-order chi connectivity index (χ0) is 16.9. The van der Waals surface area contributed by atoms with Gasteiger partial charge in [-0.05, 0) is 29.1 Å². The Morgan fingerprint density at radius 3 is 2.71 bits per heavy atom. The van der Waals surface area contributed by atoms with Gasteiger partial charge in [-0.1, -0.05) is 29.3 Å². The highest BCUT2D eigenvalue weighted by Crippen LogP contribution is 2.25. The number of nitrogens with one attached hydrogen (secondary N) is 2. The summed E-state index contributed by atoms with van der Waals surface area (Å²) in [5, 5.41) is 9.99. The number of halogens is 2. The molecule has 2 heterocycles. The maximum Gasteiger partial charge on any atom is 0.224 e. The third kappa shape index (κ3) is 3.95. The molecule has 8 heteroatoms. The van der Waals surface area contributed by atoms with E-state index in [1.165, 1.54) is 6.33 Å². The Bertz CT molecular complexity index is 848. The van der Waals surface area contributed by atoms with Gasteiger partial charge in [0.25, 0.3) is 0 Å². The van der Waals surface area contributed by atoms with Crippen LogP contribution in [0.4, 0.5) is 5.82 Å². The van der Waals surface area contributed by atoms with Crippen LogP contribution in [-0.2, 0) is 11.2 Å². The van der Waals surface area contributed by atoms with E-state index in [1.54, 1.807) is 29.5 Å². The van der Waals surface area contributed by atoms with Gasteiger partial charge in [-0.15, -0.1) is 11.3 Å². The molecule has 0 aliphatic carbocycles. The fraction of sp³-hybridized carbons (Fsp3) is 0.188. The quantitative estimate of drug-likeness (QED) is 0.638. The lowest BCUT2D eigenvalue weighted by atomic mass is 10.1. The van der Waals surface area contributed by atoms with Gasteiger partial charge in [0.1, 0.15) is 17.0 Å². The van der Waals surface area contributed by atoms with Crippen molar-refractivity contribution in [3.8, 4) is 0 Å². The van der Waals surface area contributed by atoms with Crippen LogP contribution in [0.2, 0.25) is 10.0 Å². The van der Waals surface area contributed by atoms with Gasteiger partial charge in [-0.3, -0.25) is 4.79 Å². The molecule has 3 aromatic rings. The molecule has 3 rings (SSSR count). The Balaban J connectivity index is 1.50. The minimum Gasteiger partial charge on any atom is -0.368 e. The average Bonchev–Trinajstić information content (AvgIpc) is 3.04. The molecule has 0 aliphatic rings. The number of thiophene rings is 1. The van der Waals surface area contributed by atoms with Crippen LogP contribution in [0, 0.1) is 0 Å². The number of carbonyl (C=O) groups excluding carboxylic acids is 1. The molecule has 2 N–H and O–H groups in total. The SMILES string of the molecule is O=C(Cc1c(Cl)cccc1Cl)NCCNc1ncnc2sccc12. The maximum atomic E-state index is 12.0. The van der Waals surface area contributed by atoms with E-state index in [9.17, 15) is 4.79 Å². The molecule has 0 aliphatic heterocycles. The second kappa shape index (κ2) is 7.79. The molecule has 0 saturated heterocycles. The van der Waals surface area contributed by atoms with Crippen LogP contribution in [0.25, 0.3) is 10.2 Å². The van der Waals surface area contributed by atoms with Crippen molar-refractivity contribution in [3.05, 3.63) is 51.6 Å². The van der Waals surface area contributed by atoms with Crippen molar-refractivity contribution in [2.24, 2.45) is 0 Å². The van der Waals surface area contributed by atoms with Gasteiger partial charge >= 0.3 is 0 Å². The molecule has 0 bridgehead atoms.